The summed E-state index contributed by atoms with van der Waals surface area (Å²) in [6, 6.07) is 8.52. The molecule has 0 amide bonds. The normalized spacial score (nSPS) is 21.6. The number of aryl methyl sites for hydroxylation is 1. The quantitative estimate of drug-likeness (QED) is 0.775. The molecule has 0 aliphatic carbocycles. The molecule has 2 atom stereocenters. The highest BCUT2D eigenvalue weighted by Crippen LogP contribution is 2.23. The third-order valence-electron chi connectivity index (χ3n) is 3.11. The van der Waals surface area contributed by atoms with Gasteiger partial charge in [0, 0.05) is 17.9 Å². The monoisotopic (exact) mass is 298 g/mol. The highest BCUT2D eigenvalue weighted by Gasteiger charge is 2.18. The Kier molecular flexibility index (Phi) is 5.01. The van der Waals surface area contributed by atoms with Gasteiger partial charge in [-0.25, -0.2) is 0 Å². The van der Waals surface area contributed by atoms with Gasteiger partial charge >= 0.3 is 0 Å². The van der Waals surface area contributed by atoms with Crippen LogP contribution in [-0.2, 0) is 9.47 Å². The molecule has 1 aliphatic heterocycles. The molecule has 0 aromatic heterocycles. The van der Waals surface area contributed by atoms with E-state index in [0.29, 0.717) is 5.92 Å². The van der Waals surface area contributed by atoms with Crippen molar-refractivity contribution in [2.75, 3.05) is 25.2 Å². The molecule has 0 radical (unpaired) electrons. The number of hydrogen-bond donors (Lipinski definition) is 0. The minimum Gasteiger partial charge on any atom is -0.381 e. The van der Waals surface area contributed by atoms with Crippen molar-refractivity contribution in [2.45, 2.75) is 19.4 Å². The highest BCUT2D eigenvalue weighted by molar-refractivity contribution is 9.09. The summed E-state index contributed by atoms with van der Waals surface area (Å²) < 4.78 is 11.3. The lowest BCUT2D eigenvalue weighted by molar-refractivity contribution is 0.0392. The molecule has 0 spiro atoms. The summed E-state index contributed by atoms with van der Waals surface area (Å²) in [6.07, 6.45) is 1.28. The fourth-order valence-electron chi connectivity index (χ4n) is 2.07. The van der Waals surface area contributed by atoms with Gasteiger partial charge in [0.25, 0.3) is 0 Å². The first-order chi connectivity index (χ1) is 8.29. The molecule has 3 heteroatoms. The van der Waals surface area contributed by atoms with Gasteiger partial charge in [-0.05, 0) is 18.9 Å². The van der Waals surface area contributed by atoms with Crippen molar-refractivity contribution in [3.8, 4) is 0 Å². The molecule has 1 saturated heterocycles. The van der Waals surface area contributed by atoms with Crippen LogP contribution in [0.25, 0.3) is 0 Å². The van der Waals surface area contributed by atoms with Crippen LogP contribution in [0.2, 0.25) is 0 Å². The van der Waals surface area contributed by atoms with E-state index in [1.807, 2.05) is 0 Å². The van der Waals surface area contributed by atoms with Gasteiger partial charge in [-0.2, -0.15) is 0 Å². The van der Waals surface area contributed by atoms with Crippen molar-refractivity contribution in [1.82, 2.24) is 0 Å². The molecule has 0 bridgehead atoms. The Morgan fingerprint density at radius 3 is 3.06 bits per heavy atom. The molecular weight excluding hydrogens is 280 g/mol. The second kappa shape index (κ2) is 6.53. The number of hydrogen-bond acceptors (Lipinski definition) is 2. The van der Waals surface area contributed by atoms with E-state index in [1.165, 1.54) is 11.1 Å². The minimum atomic E-state index is 0.149. The fourth-order valence-corrected chi connectivity index (χ4v) is 2.63. The van der Waals surface area contributed by atoms with Crippen LogP contribution in [0, 0.1) is 12.8 Å². The Balaban J connectivity index is 1.91. The molecule has 94 valence electrons. The maximum Gasteiger partial charge on any atom is 0.0921 e. The van der Waals surface area contributed by atoms with Crippen molar-refractivity contribution in [3.05, 3.63) is 35.4 Å². The summed E-state index contributed by atoms with van der Waals surface area (Å²) in [7, 11) is 0. The molecule has 1 aromatic rings. The Hall–Kier alpha value is -0.380. The van der Waals surface area contributed by atoms with Crippen LogP contribution in [0.15, 0.2) is 24.3 Å². The van der Waals surface area contributed by atoms with Gasteiger partial charge in [0.2, 0.25) is 0 Å². The van der Waals surface area contributed by atoms with E-state index in [0.717, 1.165) is 31.6 Å². The second-order valence-electron chi connectivity index (χ2n) is 4.62. The van der Waals surface area contributed by atoms with Gasteiger partial charge in [-0.3, -0.25) is 0 Å². The van der Waals surface area contributed by atoms with Gasteiger partial charge in [0.1, 0.15) is 0 Å². The van der Waals surface area contributed by atoms with Crippen LogP contribution in [0.5, 0.6) is 0 Å². The molecule has 2 rings (SSSR count). The topological polar surface area (TPSA) is 18.5 Å². The average molecular weight is 299 g/mol. The Labute approximate surface area is 111 Å². The maximum atomic E-state index is 5.99. The van der Waals surface area contributed by atoms with E-state index in [2.05, 4.69) is 47.1 Å². The van der Waals surface area contributed by atoms with E-state index >= 15 is 0 Å². The van der Waals surface area contributed by atoms with Crippen LogP contribution in [0.1, 0.15) is 23.7 Å². The zero-order chi connectivity index (χ0) is 12.1. The zero-order valence-electron chi connectivity index (χ0n) is 10.2. The number of benzene rings is 1. The first-order valence-electron chi connectivity index (χ1n) is 6.11. The van der Waals surface area contributed by atoms with Gasteiger partial charge in [0.05, 0.1) is 19.3 Å². The molecule has 0 N–H and O–H groups in total. The maximum absolute atomic E-state index is 5.99. The Morgan fingerprint density at radius 2 is 2.41 bits per heavy atom. The van der Waals surface area contributed by atoms with Crippen molar-refractivity contribution < 1.29 is 9.47 Å². The van der Waals surface area contributed by atoms with E-state index in [-0.39, 0.29) is 6.10 Å². The lowest BCUT2D eigenvalue weighted by Crippen LogP contribution is -2.14. The summed E-state index contributed by atoms with van der Waals surface area (Å²) in [4.78, 5) is 0. The molecule has 2 unspecified atom stereocenters. The van der Waals surface area contributed by atoms with Crippen LogP contribution in [0.3, 0.4) is 0 Å². The fraction of sp³-hybridized carbons (Fsp3) is 0.571. The number of ether oxygens (including phenoxy) is 2. The molecule has 1 aromatic carbocycles. The molecule has 17 heavy (non-hydrogen) atoms. The Bertz CT molecular complexity index is 348. The zero-order valence-corrected chi connectivity index (χ0v) is 11.8. The van der Waals surface area contributed by atoms with E-state index < -0.39 is 0 Å². The van der Waals surface area contributed by atoms with Crippen molar-refractivity contribution in [1.29, 1.82) is 0 Å². The SMILES string of the molecule is Cc1cccc(C(CBr)OCC2CCOC2)c1. The first-order valence-corrected chi connectivity index (χ1v) is 7.23. The van der Waals surface area contributed by atoms with Crippen molar-refractivity contribution >= 4 is 15.9 Å². The summed E-state index contributed by atoms with van der Waals surface area (Å²) in [5, 5.41) is 0.837. The third-order valence-corrected chi connectivity index (χ3v) is 3.70. The van der Waals surface area contributed by atoms with Gasteiger partial charge < -0.3 is 9.47 Å². The smallest absolute Gasteiger partial charge is 0.0921 e. The van der Waals surface area contributed by atoms with E-state index in [9.17, 15) is 0 Å². The van der Waals surface area contributed by atoms with E-state index in [1.54, 1.807) is 0 Å². The van der Waals surface area contributed by atoms with E-state index in [4.69, 9.17) is 9.47 Å². The lowest BCUT2D eigenvalue weighted by atomic mass is 10.1. The summed E-state index contributed by atoms with van der Waals surface area (Å²) in [5.41, 5.74) is 2.53. The van der Waals surface area contributed by atoms with Crippen LogP contribution in [-0.4, -0.2) is 25.2 Å². The average Bonchev–Trinajstić information content (AvgIpc) is 2.83. The predicted octanol–water partition coefficient (Wildman–Crippen LogP) is 3.48. The van der Waals surface area contributed by atoms with Crippen LogP contribution < -0.4 is 0 Å². The number of halogens is 1. The molecular formula is C14H19BrO2. The molecule has 1 heterocycles. The lowest BCUT2D eigenvalue weighted by Gasteiger charge is -2.18. The van der Waals surface area contributed by atoms with Gasteiger partial charge in [-0.1, -0.05) is 45.8 Å². The number of rotatable bonds is 5. The number of alkyl halides is 1. The molecule has 0 saturated carbocycles. The summed E-state index contributed by atoms with van der Waals surface area (Å²) in [5.74, 6) is 0.571. The Morgan fingerprint density at radius 1 is 1.53 bits per heavy atom. The standard InChI is InChI=1S/C14H19BrO2/c1-11-3-2-4-13(7-11)14(8-15)17-10-12-5-6-16-9-12/h2-4,7,12,14H,5-6,8-10H2,1H3. The largest absolute Gasteiger partial charge is 0.381 e. The summed E-state index contributed by atoms with van der Waals surface area (Å²) >= 11 is 3.53. The molecule has 1 fully saturated rings. The third kappa shape index (κ3) is 3.80. The molecule has 1 aliphatic rings. The highest BCUT2D eigenvalue weighted by atomic mass is 79.9. The summed E-state index contributed by atoms with van der Waals surface area (Å²) in [6.45, 7) is 4.64. The predicted molar refractivity (Wildman–Crippen MR) is 72.6 cm³/mol. The van der Waals surface area contributed by atoms with Crippen molar-refractivity contribution in [2.24, 2.45) is 5.92 Å². The first kappa shape index (κ1) is 13.1. The van der Waals surface area contributed by atoms with Crippen LogP contribution in [0.4, 0.5) is 0 Å². The molecule has 2 nitrogen and oxygen atoms in total. The second-order valence-corrected chi connectivity index (χ2v) is 5.27. The van der Waals surface area contributed by atoms with Gasteiger partial charge in [0.15, 0.2) is 0 Å². The minimum absolute atomic E-state index is 0.149. The van der Waals surface area contributed by atoms with Gasteiger partial charge in [-0.15, -0.1) is 0 Å². The van der Waals surface area contributed by atoms with Crippen LogP contribution >= 0.6 is 15.9 Å². The van der Waals surface area contributed by atoms with Crippen molar-refractivity contribution in [3.63, 3.8) is 0 Å².